The molecule has 1 fully saturated rings. The molecule has 26 heavy (non-hydrogen) atoms. The van der Waals surface area contributed by atoms with Crippen molar-refractivity contribution in [3.05, 3.63) is 65.2 Å². The molecule has 4 aromatic rings. The van der Waals surface area contributed by atoms with Crippen LogP contribution in [0.1, 0.15) is 36.0 Å². The molecule has 0 saturated heterocycles. The molecule has 6 nitrogen and oxygen atoms in total. The van der Waals surface area contributed by atoms with Crippen LogP contribution in [-0.2, 0) is 12.3 Å². The first-order valence-electron chi connectivity index (χ1n) is 8.48. The van der Waals surface area contributed by atoms with E-state index < -0.39 is 0 Å². The van der Waals surface area contributed by atoms with Crippen LogP contribution in [0.4, 0.5) is 0 Å². The van der Waals surface area contributed by atoms with Crippen LogP contribution in [0.3, 0.4) is 0 Å². The molecule has 0 aliphatic heterocycles. The molecule has 1 aliphatic rings. The molecular formula is C18H16ClN5OS. The Morgan fingerprint density at radius 2 is 2.12 bits per heavy atom. The molecule has 0 radical (unpaired) electrons. The van der Waals surface area contributed by atoms with E-state index in [0.29, 0.717) is 17.5 Å². The Bertz CT molecular complexity index is 1050. The van der Waals surface area contributed by atoms with Gasteiger partial charge in [-0.1, -0.05) is 23.4 Å². The molecule has 8 heteroatoms. The Balaban J connectivity index is 1.39. The van der Waals surface area contributed by atoms with Crippen molar-refractivity contribution < 1.29 is 4.42 Å². The first-order valence-corrected chi connectivity index (χ1v) is 9.84. The van der Waals surface area contributed by atoms with Crippen LogP contribution in [0.15, 0.2) is 52.5 Å². The minimum atomic E-state index is 0.532. The van der Waals surface area contributed by atoms with Gasteiger partial charge in [-0.2, -0.15) is 0 Å². The lowest BCUT2D eigenvalue weighted by molar-refractivity contribution is 0.478. The highest BCUT2D eigenvalue weighted by molar-refractivity contribution is 7.98. The van der Waals surface area contributed by atoms with E-state index in [1.807, 2.05) is 41.1 Å². The molecule has 0 N–H and O–H groups in total. The predicted octanol–water partition coefficient (Wildman–Crippen LogP) is 4.39. The highest BCUT2D eigenvalue weighted by atomic mass is 35.5. The van der Waals surface area contributed by atoms with Gasteiger partial charge in [0.2, 0.25) is 0 Å². The van der Waals surface area contributed by atoms with Crippen LogP contribution in [0.2, 0.25) is 5.02 Å². The SMILES string of the molecule is Clc1ccc2nc(CSc3nnc(C4CC4)n3Cc3ccco3)cn2c1. The van der Waals surface area contributed by atoms with Crippen molar-refractivity contribution in [2.45, 2.75) is 36.2 Å². The summed E-state index contributed by atoms with van der Waals surface area (Å²) in [6, 6.07) is 7.66. The second kappa shape index (κ2) is 6.48. The van der Waals surface area contributed by atoms with Crippen LogP contribution in [0, 0.1) is 0 Å². The molecule has 0 amide bonds. The zero-order valence-corrected chi connectivity index (χ0v) is 15.5. The van der Waals surface area contributed by atoms with Gasteiger partial charge in [-0.15, -0.1) is 10.2 Å². The standard InChI is InChI=1S/C18H16ClN5OS/c19-13-5-6-16-20-14(9-23(16)8-13)11-26-18-22-21-17(12-3-4-12)24(18)10-15-2-1-7-25-15/h1-2,5-9,12H,3-4,10-11H2. The van der Waals surface area contributed by atoms with Crippen LogP contribution in [-0.4, -0.2) is 24.1 Å². The monoisotopic (exact) mass is 385 g/mol. The maximum Gasteiger partial charge on any atom is 0.192 e. The van der Waals surface area contributed by atoms with Gasteiger partial charge < -0.3 is 8.82 Å². The van der Waals surface area contributed by atoms with Crippen molar-refractivity contribution in [1.82, 2.24) is 24.1 Å². The zero-order chi connectivity index (χ0) is 17.5. The minimum Gasteiger partial charge on any atom is -0.467 e. The molecule has 132 valence electrons. The Hall–Kier alpha value is -2.25. The summed E-state index contributed by atoms with van der Waals surface area (Å²) in [5.41, 5.74) is 1.87. The minimum absolute atomic E-state index is 0.532. The quantitative estimate of drug-likeness (QED) is 0.460. The Morgan fingerprint density at radius 1 is 1.19 bits per heavy atom. The van der Waals surface area contributed by atoms with Crippen molar-refractivity contribution in [1.29, 1.82) is 0 Å². The van der Waals surface area contributed by atoms with Crippen molar-refractivity contribution in [3.8, 4) is 0 Å². The summed E-state index contributed by atoms with van der Waals surface area (Å²) in [4.78, 5) is 4.64. The second-order valence-corrected chi connectivity index (χ2v) is 7.79. The molecule has 1 aliphatic carbocycles. The summed E-state index contributed by atoms with van der Waals surface area (Å²) in [7, 11) is 0. The fourth-order valence-corrected chi connectivity index (χ4v) is 3.98. The molecule has 4 aromatic heterocycles. The number of imidazole rings is 1. The third-order valence-electron chi connectivity index (χ3n) is 4.40. The normalized spacial score (nSPS) is 14.3. The smallest absolute Gasteiger partial charge is 0.192 e. The molecule has 0 atom stereocenters. The van der Waals surface area contributed by atoms with Gasteiger partial charge in [0.1, 0.15) is 17.2 Å². The highest BCUT2D eigenvalue weighted by Gasteiger charge is 2.30. The summed E-state index contributed by atoms with van der Waals surface area (Å²) in [6.07, 6.45) is 7.94. The van der Waals surface area contributed by atoms with Crippen molar-refractivity contribution >= 4 is 29.0 Å². The highest BCUT2D eigenvalue weighted by Crippen LogP contribution is 2.40. The van der Waals surface area contributed by atoms with E-state index in [1.54, 1.807) is 18.0 Å². The summed E-state index contributed by atoms with van der Waals surface area (Å²) >= 11 is 7.69. The van der Waals surface area contributed by atoms with E-state index in [2.05, 4.69) is 19.7 Å². The van der Waals surface area contributed by atoms with Crippen molar-refractivity contribution in [3.63, 3.8) is 0 Å². The van der Waals surface area contributed by atoms with E-state index >= 15 is 0 Å². The third-order valence-corrected chi connectivity index (χ3v) is 5.62. The molecule has 0 bridgehead atoms. The van der Waals surface area contributed by atoms with Crippen LogP contribution in [0.5, 0.6) is 0 Å². The Kier molecular flexibility index (Phi) is 3.98. The average Bonchev–Trinajstić information content (AvgIpc) is 3.05. The number of furan rings is 1. The number of pyridine rings is 1. The van der Waals surface area contributed by atoms with Gasteiger partial charge in [0, 0.05) is 24.1 Å². The number of nitrogens with zero attached hydrogens (tertiary/aromatic N) is 5. The lowest BCUT2D eigenvalue weighted by Gasteiger charge is -2.07. The maximum atomic E-state index is 6.04. The number of hydrogen-bond donors (Lipinski definition) is 0. The molecule has 1 saturated carbocycles. The molecular weight excluding hydrogens is 370 g/mol. The van der Waals surface area contributed by atoms with Gasteiger partial charge in [-0.25, -0.2) is 4.98 Å². The van der Waals surface area contributed by atoms with E-state index in [0.717, 1.165) is 33.8 Å². The van der Waals surface area contributed by atoms with Gasteiger partial charge in [0.05, 0.1) is 23.5 Å². The number of hydrogen-bond acceptors (Lipinski definition) is 5. The largest absolute Gasteiger partial charge is 0.467 e. The maximum absolute atomic E-state index is 6.04. The summed E-state index contributed by atoms with van der Waals surface area (Å²) in [6.45, 7) is 0.662. The lowest BCUT2D eigenvalue weighted by Crippen LogP contribution is -2.05. The van der Waals surface area contributed by atoms with Gasteiger partial charge in [0.15, 0.2) is 5.16 Å². The Morgan fingerprint density at radius 3 is 2.92 bits per heavy atom. The van der Waals surface area contributed by atoms with Crippen molar-refractivity contribution in [2.24, 2.45) is 0 Å². The first kappa shape index (κ1) is 16.0. The number of halogens is 1. The van der Waals surface area contributed by atoms with Gasteiger partial charge in [-0.3, -0.25) is 4.57 Å². The number of thioether (sulfide) groups is 1. The molecule has 4 heterocycles. The predicted molar refractivity (Wildman–Crippen MR) is 99.6 cm³/mol. The first-order chi connectivity index (χ1) is 12.8. The van der Waals surface area contributed by atoms with Gasteiger partial charge in [-0.05, 0) is 37.1 Å². The Labute approximate surface area is 159 Å². The van der Waals surface area contributed by atoms with Gasteiger partial charge >= 0.3 is 0 Å². The lowest BCUT2D eigenvalue weighted by atomic mass is 10.3. The summed E-state index contributed by atoms with van der Waals surface area (Å²) in [5.74, 6) is 3.23. The van der Waals surface area contributed by atoms with E-state index in [-0.39, 0.29) is 0 Å². The fraction of sp³-hybridized carbons (Fsp3) is 0.278. The van der Waals surface area contributed by atoms with Gasteiger partial charge in [0.25, 0.3) is 0 Å². The summed E-state index contributed by atoms with van der Waals surface area (Å²) in [5, 5.41) is 10.4. The number of aromatic nitrogens is 5. The molecule has 5 rings (SSSR count). The third kappa shape index (κ3) is 3.12. The van der Waals surface area contributed by atoms with Crippen LogP contribution < -0.4 is 0 Å². The topological polar surface area (TPSA) is 61.2 Å². The number of rotatable bonds is 6. The van der Waals surface area contributed by atoms with Crippen molar-refractivity contribution in [2.75, 3.05) is 0 Å². The van der Waals surface area contributed by atoms with E-state index in [9.17, 15) is 0 Å². The van der Waals surface area contributed by atoms with Crippen LogP contribution in [0.25, 0.3) is 5.65 Å². The number of fused-ring (bicyclic) bond motifs is 1. The molecule has 0 aromatic carbocycles. The van der Waals surface area contributed by atoms with Crippen LogP contribution >= 0.6 is 23.4 Å². The fourth-order valence-electron chi connectivity index (χ4n) is 2.98. The zero-order valence-electron chi connectivity index (χ0n) is 13.9. The molecule has 0 spiro atoms. The summed E-state index contributed by atoms with van der Waals surface area (Å²) < 4.78 is 9.64. The molecule has 0 unspecified atom stereocenters. The average molecular weight is 386 g/mol. The van der Waals surface area contributed by atoms with E-state index in [1.165, 1.54) is 12.8 Å². The second-order valence-electron chi connectivity index (χ2n) is 6.41. The van der Waals surface area contributed by atoms with E-state index in [4.69, 9.17) is 16.0 Å².